The van der Waals surface area contributed by atoms with Crippen LogP contribution in [0.1, 0.15) is 6.92 Å². The summed E-state index contributed by atoms with van der Waals surface area (Å²) in [6, 6.07) is 6.76. The monoisotopic (exact) mass is 369 g/mol. The van der Waals surface area contributed by atoms with E-state index in [0.717, 1.165) is 0 Å². The van der Waals surface area contributed by atoms with Gasteiger partial charge in [0.2, 0.25) is 0 Å². The van der Waals surface area contributed by atoms with Crippen LogP contribution in [0.25, 0.3) is 0 Å². The van der Waals surface area contributed by atoms with Gasteiger partial charge >= 0.3 is 0 Å². The Morgan fingerprint density at radius 2 is 1.81 bits per heavy atom. The lowest BCUT2D eigenvalue weighted by atomic mass is 9.93. The van der Waals surface area contributed by atoms with Crippen molar-refractivity contribution in [1.29, 1.82) is 0 Å². The molecule has 1 aliphatic rings. The highest BCUT2D eigenvalue weighted by Gasteiger charge is 2.50. The first-order valence-corrected chi connectivity index (χ1v) is 7.70. The van der Waals surface area contributed by atoms with E-state index in [-0.39, 0.29) is 6.61 Å². The molecule has 0 aromatic heterocycles. The van der Waals surface area contributed by atoms with Crippen LogP contribution in [0.4, 0.5) is 5.69 Å². The SMILES string of the molecule is CC1(C(=O)C(Cl)Cl)COc2ccccc2N1C(=O)C(Cl)Cl. The third-order valence-electron chi connectivity index (χ3n) is 3.24. The highest BCUT2D eigenvalue weighted by molar-refractivity contribution is 6.56. The number of carbonyl (C=O) groups excluding carboxylic acids is 2. The number of alkyl halides is 4. The summed E-state index contributed by atoms with van der Waals surface area (Å²) in [5.74, 6) is -0.757. The van der Waals surface area contributed by atoms with Gasteiger partial charge in [0.15, 0.2) is 15.5 Å². The van der Waals surface area contributed by atoms with Crippen molar-refractivity contribution >= 4 is 63.8 Å². The highest BCUT2D eigenvalue weighted by atomic mass is 35.5. The molecule has 1 aromatic carbocycles. The van der Waals surface area contributed by atoms with E-state index in [2.05, 4.69) is 0 Å². The molecule has 4 nitrogen and oxygen atoms in total. The Balaban J connectivity index is 2.57. The number of ketones is 1. The number of benzene rings is 1. The Labute approximate surface area is 141 Å². The van der Waals surface area contributed by atoms with Crippen molar-refractivity contribution in [3.63, 3.8) is 0 Å². The summed E-state index contributed by atoms with van der Waals surface area (Å²) in [4.78, 5) is 23.3. The zero-order chi connectivity index (χ0) is 15.8. The molecule has 21 heavy (non-hydrogen) atoms. The largest absolute Gasteiger partial charge is 0.488 e. The lowest BCUT2D eigenvalue weighted by Gasteiger charge is -2.44. The summed E-state index contributed by atoms with van der Waals surface area (Å²) < 4.78 is 5.55. The van der Waals surface area contributed by atoms with Gasteiger partial charge in [-0.05, 0) is 19.1 Å². The van der Waals surface area contributed by atoms with Gasteiger partial charge in [-0.3, -0.25) is 14.5 Å². The summed E-state index contributed by atoms with van der Waals surface area (Å²) in [5, 5.41) is 0. The Morgan fingerprint density at radius 1 is 1.19 bits per heavy atom. The van der Waals surface area contributed by atoms with E-state index in [1.54, 1.807) is 24.3 Å². The number of rotatable bonds is 3. The number of amides is 1. The number of hydrogen-bond acceptors (Lipinski definition) is 3. The molecule has 0 radical (unpaired) electrons. The predicted molar refractivity (Wildman–Crippen MR) is 83.8 cm³/mol. The van der Waals surface area contributed by atoms with Crippen LogP contribution >= 0.6 is 46.4 Å². The number of ether oxygens (including phenoxy) is 1. The molecule has 8 heteroatoms. The molecule has 0 fully saturated rings. The number of Topliss-reactive ketones (excluding diaryl/α,β-unsaturated/α-hetero) is 1. The molecule has 1 aliphatic heterocycles. The van der Waals surface area contributed by atoms with Crippen molar-refractivity contribution < 1.29 is 14.3 Å². The molecule has 0 saturated carbocycles. The van der Waals surface area contributed by atoms with E-state index >= 15 is 0 Å². The minimum Gasteiger partial charge on any atom is -0.488 e. The van der Waals surface area contributed by atoms with Crippen LogP contribution in [0.2, 0.25) is 0 Å². The maximum Gasteiger partial charge on any atom is 0.261 e. The molecule has 1 atom stereocenters. The van der Waals surface area contributed by atoms with Crippen LogP contribution in [-0.4, -0.2) is 33.5 Å². The lowest BCUT2D eigenvalue weighted by molar-refractivity contribution is -0.128. The zero-order valence-electron chi connectivity index (χ0n) is 10.9. The molecule has 0 spiro atoms. The summed E-state index contributed by atoms with van der Waals surface area (Å²) in [6.45, 7) is 1.42. The van der Waals surface area contributed by atoms with Gasteiger partial charge in [-0.1, -0.05) is 58.5 Å². The molecule has 1 heterocycles. The van der Waals surface area contributed by atoms with Gasteiger partial charge in [0.05, 0.1) is 5.69 Å². The molecule has 1 aromatic rings. The molecule has 0 saturated heterocycles. The number of carbonyl (C=O) groups is 2. The first-order chi connectivity index (χ1) is 9.79. The van der Waals surface area contributed by atoms with Crippen molar-refractivity contribution in [3.05, 3.63) is 24.3 Å². The van der Waals surface area contributed by atoms with Gasteiger partial charge in [-0.2, -0.15) is 0 Å². The molecule has 114 valence electrons. The number of nitrogens with zero attached hydrogens (tertiary/aromatic N) is 1. The number of halogens is 4. The molecule has 2 rings (SSSR count). The van der Waals surface area contributed by atoms with Gasteiger partial charge in [0.1, 0.15) is 17.9 Å². The standard InChI is InChI=1S/C13H11Cl4NO3/c1-13(9(19)10(14)15)6-21-8-5-3-2-4-7(8)18(13)12(20)11(16)17/h2-5,10-11H,6H2,1H3. The zero-order valence-corrected chi connectivity index (χ0v) is 13.9. The molecular formula is C13H11Cl4NO3. The number of anilines is 1. The Hall–Kier alpha value is -0.680. The van der Waals surface area contributed by atoms with Crippen LogP contribution in [-0.2, 0) is 9.59 Å². The minimum atomic E-state index is -1.39. The van der Waals surface area contributed by atoms with Gasteiger partial charge in [0.25, 0.3) is 5.91 Å². The fraction of sp³-hybridized carbons (Fsp3) is 0.385. The molecule has 0 bridgehead atoms. The van der Waals surface area contributed by atoms with Crippen LogP contribution in [0.3, 0.4) is 0 Å². The smallest absolute Gasteiger partial charge is 0.261 e. The lowest BCUT2D eigenvalue weighted by Crippen LogP contribution is -2.63. The second-order valence-corrected chi connectivity index (χ2v) is 6.86. The van der Waals surface area contributed by atoms with E-state index in [9.17, 15) is 9.59 Å². The summed E-state index contributed by atoms with van der Waals surface area (Å²) in [7, 11) is 0. The van der Waals surface area contributed by atoms with Crippen LogP contribution in [0, 0.1) is 0 Å². The molecular weight excluding hydrogens is 360 g/mol. The third kappa shape index (κ3) is 2.95. The first kappa shape index (κ1) is 16.7. The summed E-state index contributed by atoms with van der Waals surface area (Å²) >= 11 is 22.8. The second-order valence-electron chi connectivity index (χ2n) is 4.67. The second kappa shape index (κ2) is 6.21. The Morgan fingerprint density at radius 3 is 2.38 bits per heavy atom. The molecule has 0 N–H and O–H groups in total. The van der Waals surface area contributed by atoms with E-state index in [0.29, 0.717) is 11.4 Å². The molecule has 0 aliphatic carbocycles. The quantitative estimate of drug-likeness (QED) is 0.766. The maximum atomic E-state index is 12.4. The minimum absolute atomic E-state index is 0.0922. The number of fused-ring (bicyclic) bond motifs is 1. The fourth-order valence-electron chi connectivity index (χ4n) is 2.19. The third-order valence-corrected chi connectivity index (χ3v) is 4.01. The van der Waals surface area contributed by atoms with Crippen molar-refractivity contribution in [3.8, 4) is 5.75 Å². The van der Waals surface area contributed by atoms with Gasteiger partial charge in [0, 0.05) is 0 Å². The van der Waals surface area contributed by atoms with Gasteiger partial charge in [-0.25, -0.2) is 0 Å². The van der Waals surface area contributed by atoms with E-state index in [1.807, 2.05) is 0 Å². The number of para-hydroxylation sites is 2. The topological polar surface area (TPSA) is 46.6 Å². The normalized spacial score (nSPS) is 21.2. The van der Waals surface area contributed by atoms with Crippen LogP contribution < -0.4 is 9.64 Å². The molecule has 1 amide bonds. The van der Waals surface area contributed by atoms with E-state index in [4.69, 9.17) is 51.1 Å². The van der Waals surface area contributed by atoms with Crippen molar-refractivity contribution in [1.82, 2.24) is 0 Å². The fourth-order valence-corrected chi connectivity index (χ4v) is 2.85. The van der Waals surface area contributed by atoms with Gasteiger partial charge < -0.3 is 4.74 Å². The summed E-state index contributed by atoms with van der Waals surface area (Å²) in [5.41, 5.74) is -0.994. The predicted octanol–water partition coefficient (Wildman–Crippen LogP) is 3.35. The first-order valence-electron chi connectivity index (χ1n) is 5.95. The average Bonchev–Trinajstić information content (AvgIpc) is 2.45. The Bertz CT molecular complexity index is 578. The van der Waals surface area contributed by atoms with Crippen molar-refractivity contribution in [2.45, 2.75) is 22.1 Å². The van der Waals surface area contributed by atoms with E-state index < -0.39 is 26.9 Å². The highest BCUT2D eigenvalue weighted by Crippen LogP contribution is 2.40. The van der Waals surface area contributed by atoms with E-state index in [1.165, 1.54) is 11.8 Å². The maximum absolute atomic E-state index is 12.4. The molecule has 1 unspecified atom stereocenters. The van der Waals surface area contributed by atoms with Gasteiger partial charge in [-0.15, -0.1) is 0 Å². The van der Waals surface area contributed by atoms with Crippen LogP contribution in [0.15, 0.2) is 24.3 Å². The number of hydrogen-bond donors (Lipinski definition) is 0. The van der Waals surface area contributed by atoms with Crippen molar-refractivity contribution in [2.75, 3.05) is 11.5 Å². The summed E-state index contributed by atoms with van der Waals surface area (Å²) in [6.07, 6.45) is 0. The average molecular weight is 371 g/mol. The van der Waals surface area contributed by atoms with Crippen LogP contribution in [0.5, 0.6) is 5.75 Å². The Kier molecular flexibility index (Phi) is 4.93. The van der Waals surface area contributed by atoms with Crippen molar-refractivity contribution in [2.24, 2.45) is 0 Å².